The van der Waals surface area contributed by atoms with Crippen LogP contribution in [0.2, 0.25) is 0 Å². The fourth-order valence-corrected chi connectivity index (χ4v) is 1.57. The molecule has 0 bridgehead atoms. The minimum Gasteiger partial charge on any atom is -0.462 e. The number of nitrogens with zero attached hydrogens (tertiary/aromatic N) is 4. The quantitative estimate of drug-likeness (QED) is 0.646. The van der Waals surface area contributed by atoms with E-state index in [1.807, 2.05) is 6.07 Å². The van der Waals surface area contributed by atoms with Crippen molar-refractivity contribution in [2.75, 3.05) is 12.3 Å². The number of benzene rings is 1. The molecule has 0 unspecified atom stereocenters. The molecule has 7 heteroatoms. The van der Waals surface area contributed by atoms with E-state index in [1.165, 1.54) is 11.0 Å². The highest BCUT2D eigenvalue weighted by Gasteiger charge is 2.15. The molecule has 0 aliphatic carbocycles. The van der Waals surface area contributed by atoms with Crippen LogP contribution < -0.4 is 5.73 Å². The Balaban J connectivity index is 2.45. The Hall–Kier alpha value is -2.88. The average Bonchev–Trinajstić information content (AvgIpc) is 2.88. The molecule has 0 atom stereocenters. The number of nitrogen functional groups attached to an aromatic ring is 1. The van der Waals surface area contributed by atoms with Gasteiger partial charge in [-0.15, -0.1) is 5.10 Å². The summed E-state index contributed by atoms with van der Waals surface area (Å²) in [6.07, 6.45) is 1.36. The van der Waals surface area contributed by atoms with E-state index in [-0.39, 0.29) is 23.7 Å². The van der Waals surface area contributed by atoms with Crippen LogP contribution in [0.4, 0.5) is 5.69 Å². The zero-order valence-electron chi connectivity index (χ0n) is 10.2. The molecule has 0 fully saturated rings. The van der Waals surface area contributed by atoms with Crippen LogP contribution in [-0.2, 0) is 4.74 Å². The first-order valence-corrected chi connectivity index (χ1v) is 5.55. The molecule has 7 nitrogen and oxygen atoms in total. The van der Waals surface area contributed by atoms with Crippen molar-refractivity contribution in [3.05, 3.63) is 35.9 Å². The van der Waals surface area contributed by atoms with E-state index in [0.29, 0.717) is 5.69 Å². The van der Waals surface area contributed by atoms with E-state index in [9.17, 15) is 4.79 Å². The standard InChI is InChI=1S/C12H11N5O2/c1-2-19-12(18)8-4-3-5-9(11(8)14)17-7-15-10(6-13)16-17/h3-5,7H,2,14H2,1H3. The lowest BCUT2D eigenvalue weighted by molar-refractivity contribution is 0.0527. The summed E-state index contributed by atoms with van der Waals surface area (Å²) in [6.45, 7) is 1.99. The van der Waals surface area contributed by atoms with Gasteiger partial charge < -0.3 is 10.5 Å². The van der Waals surface area contributed by atoms with Crippen LogP contribution in [-0.4, -0.2) is 27.3 Å². The summed E-state index contributed by atoms with van der Waals surface area (Å²) >= 11 is 0. The minimum absolute atomic E-state index is 0.0286. The maximum Gasteiger partial charge on any atom is 0.340 e. The zero-order chi connectivity index (χ0) is 13.8. The fourth-order valence-electron chi connectivity index (χ4n) is 1.57. The molecule has 96 valence electrons. The van der Waals surface area contributed by atoms with Crippen molar-refractivity contribution in [3.8, 4) is 11.8 Å². The lowest BCUT2D eigenvalue weighted by Crippen LogP contribution is -2.11. The minimum atomic E-state index is -0.498. The highest BCUT2D eigenvalue weighted by Crippen LogP contribution is 2.21. The van der Waals surface area contributed by atoms with E-state index in [0.717, 1.165) is 0 Å². The zero-order valence-corrected chi connectivity index (χ0v) is 10.2. The predicted molar refractivity (Wildman–Crippen MR) is 66.4 cm³/mol. The number of para-hydroxylation sites is 1. The molecule has 0 aliphatic heterocycles. The number of ether oxygens (including phenoxy) is 1. The summed E-state index contributed by atoms with van der Waals surface area (Å²) in [5, 5.41) is 12.6. The van der Waals surface area contributed by atoms with Gasteiger partial charge in [-0.25, -0.2) is 14.5 Å². The Bertz CT molecular complexity index is 656. The fraction of sp³-hybridized carbons (Fsp3) is 0.167. The van der Waals surface area contributed by atoms with E-state index in [1.54, 1.807) is 25.1 Å². The van der Waals surface area contributed by atoms with Crippen molar-refractivity contribution in [2.45, 2.75) is 6.92 Å². The molecular formula is C12H11N5O2. The van der Waals surface area contributed by atoms with Gasteiger partial charge in [-0.2, -0.15) is 5.26 Å². The highest BCUT2D eigenvalue weighted by molar-refractivity contribution is 5.97. The number of esters is 1. The second kappa shape index (κ2) is 5.18. The molecule has 19 heavy (non-hydrogen) atoms. The van der Waals surface area contributed by atoms with Crippen LogP contribution in [0.1, 0.15) is 23.1 Å². The molecule has 0 amide bonds. The van der Waals surface area contributed by atoms with Crippen molar-refractivity contribution in [1.82, 2.24) is 14.8 Å². The number of rotatable bonds is 3. The number of anilines is 1. The van der Waals surface area contributed by atoms with Crippen LogP contribution in [0.3, 0.4) is 0 Å². The van der Waals surface area contributed by atoms with Gasteiger partial charge in [0.15, 0.2) is 0 Å². The SMILES string of the molecule is CCOC(=O)c1cccc(-n2cnc(C#N)n2)c1N. The first-order valence-electron chi connectivity index (χ1n) is 5.55. The van der Waals surface area contributed by atoms with Gasteiger partial charge in [-0.3, -0.25) is 0 Å². The Morgan fingerprint density at radius 1 is 1.58 bits per heavy atom. The Kier molecular flexibility index (Phi) is 3.43. The molecule has 0 aliphatic rings. The van der Waals surface area contributed by atoms with Crippen molar-refractivity contribution >= 4 is 11.7 Å². The lowest BCUT2D eigenvalue weighted by Gasteiger charge is -2.09. The average molecular weight is 257 g/mol. The molecule has 2 rings (SSSR count). The maximum atomic E-state index is 11.7. The van der Waals surface area contributed by atoms with Crippen LogP contribution in [0, 0.1) is 11.3 Å². The second-order valence-electron chi connectivity index (χ2n) is 3.58. The third-order valence-electron chi connectivity index (χ3n) is 2.42. The Morgan fingerprint density at radius 2 is 2.37 bits per heavy atom. The molecule has 1 heterocycles. The summed E-state index contributed by atoms with van der Waals surface area (Å²) in [6, 6.07) is 6.72. The van der Waals surface area contributed by atoms with Crippen LogP contribution >= 0.6 is 0 Å². The molecule has 0 radical (unpaired) electrons. The van der Waals surface area contributed by atoms with Crippen molar-refractivity contribution in [2.24, 2.45) is 0 Å². The number of nitrogens with two attached hydrogens (primary N) is 1. The summed E-state index contributed by atoms with van der Waals surface area (Å²) in [4.78, 5) is 15.5. The number of nitriles is 1. The van der Waals surface area contributed by atoms with Gasteiger partial charge in [0.1, 0.15) is 12.4 Å². The second-order valence-corrected chi connectivity index (χ2v) is 3.58. The lowest BCUT2D eigenvalue weighted by atomic mass is 10.1. The first kappa shape index (κ1) is 12.6. The topological polar surface area (TPSA) is 107 Å². The molecule has 0 saturated carbocycles. The Morgan fingerprint density at radius 3 is 3.00 bits per heavy atom. The van der Waals surface area contributed by atoms with E-state index in [2.05, 4.69) is 10.1 Å². The molecule has 0 saturated heterocycles. The first-order chi connectivity index (χ1) is 9.17. The highest BCUT2D eigenvalue weighted by atomic mass is 16.5. The largest absolute Gasteiger partial charge is 0.462 e. The van der Waals surface area contributed by atoms with E-state index in [4.69, 9.17) is 15.7 Å². The summed E-state index contributed by atoms with van der Waals surface area (Å²) in [5.41, 5.74) is 6.89. The van der Waals surface area contributed by atoms with Crippen LogP contribution in [0.15, 0.2) is 24.5 Å². The van der Waals surface area contributed by atoms with Gasteiger partial charge in [0.25, 0.3) is 5.82 Å². The summed E-state index contributed by atoms with van der Waals surface area (Å²) in [5.74, 6) is -0.469. The Labute approximate surface area is 109 Å². The van der Waals surface area contributed by atoms with Gasteiger partial charge in [0, 0.05) is 0 Å². The van der Waals surface area contributed by atoms with Crippen LogP contribution in [0.25, 0.3) is 5.69 Å². The smallest absolute Gasteiger partial charge is 0.340 e. The number of carbonyl (C=O) groups is 1. The number of carbonyl (C=O) groups excluding carboxylic acids is 1. The molecular weight excluding hydrogens is 246 g/mol. The molecule has 0 spiro atoms. The third kappa shape index (κ3) is 2.37. The van der Waals surface area contributed by atoms with Crippen molar-refractivity contribution in [3.63, 3.8) is 0 Å². The summed E-state index contributed by atoms with van der Waals surface area (Å²) < 4.78 is 6.25. The van der Waals surface area contributed by atoms with Crippen molar-refractivity contribution in [1.29, 1.82) is 5.26 Å². The van der Waals surface area contributed by atoms with Gasteiger partial charge >= 0.3 is 5.97 Å². The number of hydrogen-bond donors (Lipinski definition) is 1. The molecule has 2 aromatic rings. The molecule has 2 N–H and O–H groups in total. The molecule has 1 aromatic carbocycles. The van der Waals surface area contributed by atoms with Crippen molar-refractivity contribution < 1.29 is 9.53 Å². The van der Waals surface area contributed by atoms with E-state index < -0.39 is 5.97 Å². The monoisotopic (exact) mass is 257 g/mol. The number of aromatic nitrogens is 3. The van der Waals surface area contributed by atoms with Gasteiger partial charge in [0.05, 0.1) is 23.5 Å². The predicted octanol–water partition coefficient (Wildman–Crippen LogP) is 0.898. The third-order valence-corrected chi connectivity index (χ3v) is 2.42. The van der Waals surface area contributed by atoms with E-state index >= 15 is 0 Å². The van der Waals surface area contributed by atoms with Gasteiger partial charge in [-0.05, 0) is 19.1 Å². The number of hydrogen-bond acceptors (Lipinski definition) is 6. The normalized spacial score (nSPS) is 9.89. The van der Waals surface area contributed by atoms with Gasteiger partial charge in [0.2, 0.25) is 0 Å². The summed E-state index contributed by atoms with van der Waals surface area (Å²) in [7, 11) is 0. The molecule has 1 aromatic heterocycles. The maximum absolute atomic E-state index is 11.7. The van der Waals surface area contributed by atoms with Gasteiger partial charge in [-0.1, -0.05) is 6.07 Å². The van der Waals surface area contributed by atoms with Crippen LogP contribution in [0.5, 0.6) is 0 Å².